The number of fused-ring (bicyclic) bond motifs is 2. The number of pyridine rings is 1. The number of nitrogens with zero attached hydrogens (tertiary/aromatic N) is 2. The van der Waals surface area contributed by atoms with Crippen LogP contribution in [0, 0.1) is 0 Å². The summed E-state index contributed by atoms with van der Waals surface area (Å²) in [5, 5.41) is 3.61. The maximum atomic E-state index is 13.0. The van der Waals surface area contributed by atoms with Gasteiger partial charge in [-0.05, 0) is 48.9 Å². The molecule has 1 aliphatic heterocycles. The summed E-state index contributed by atoms with van der Waals surface area (Å²) in [6.45, 7) is 2.82. The first-order valence-electron chi connectivity index (χ1n) is 10.1. The van der Waals surface area contributed by atoms with Gasteiger partial charge in [-0.15, -0.1) is 0 Å². The molecule has 0 atom stereocenters. The van der Waals surface area contributed by atoms with Gasteiger partial charge >= 0.3 is 0 Å². The van der Waals surface area contributed by atoms with E-state index in [4.69, 9.17) is 9.47 Å². The number of hydrogen-bond acceptors (Lipinski definition) is 6. The molecule has 1 N–H and O–H groups in total. The summed E-state index contributed by atoms with van der Waals surface area (Å²) in [6.07, 6.45) is 1.69. The van der Waals surface area contributed by atoms with Crippen LogP contribution in [0.3, 0.4) is 0 Å². The predicted octanol–water partition coefficient (Wildman–Crippen LogP) is 4.16. The molecular weight excluding hydrogens is 426 g/mol. The second-order valence-electron chi connectivity index (χ2n) is 7.03. The monoisotopic (exact) mass is 449 g/mol. The highest BCUT2D eigenvalue weighted by atomic mass is 32.2. The molecule has 0 radical (unpaired) electrons. The highest BCUT2D eigenvalue weighted by Gasteiger charge is 2.27. The van der Waals surface area contributed by atoms with Crippen molar-refractivity contribution >= 4 is 29.3 Å². The van der Waals surface area contributed by atoms with E-state index in [1.54, 1.807) is 41.4 Å². The van der Waals surface area contributed by atoms with Crippen molar-refractivity contribution in [2.75, 3.05) is 25.7 Å². The Hall–Kier alpha value is -3.52. The molecule has 0 spiro atoms. The number of para-hydroxylation sites is 1. The second-order valence-corrected chi connectivity index (χ2v) is 8.06. The van der Waals surface area contributed by atoms with Gasteiger partial charge in [0.1, 0.15) is 5.03 Å². The first-order valence-corrected chi connectivity index (χ1v) is 11.0. The zero-order valence-corrected chi connectivity index (χ0v) is 18.9. The quantitative estimate of drug-likeness (QED) is 0.609. The maximum absolute atomic E-state index is 13.0. The second kappa shape index (κ2) is 9.32. The van der Waals surface area contributed by atoms with Gasteiger partial charge in [0.25, 0.3) is 11.8 Å². The molecular formula is C24H23N3O4S. The SMILES string of the molecule is CCN1C(=O)c2cccnc2Sc2cc(CNC(=O)c3cccc(OC)c3OC)ccc21. The lowest BCUT2D eigenvalue weighted by Gasteiger charge is -2.21. The summed E-state index contributed by atoms with van der Waals surface area (Å²) in [5.74, 6) is 0.565. The number of carbonyl (C=O) groups excluding carboxylic acids is 2. The molecule has 0 unspecified atom stereocenters. The Bertz CT molecular complexity index is 1180. The van der Waals surface area contributed by atoms with Gasteiger partial charge in [-0.25, -0.2) is 4.98 Å². The Labute approximate surface area is 190 Å². The van der Waals surface area contributed by atoms with Gasteiger partial charge in [0, 0.05) is 24.2 Å². The minimum atomic E-state index is -0.263. The van der Waals surface area contributed by atoms with Crippen LogP contribution in [0.5, 0.6) is 11.5 Å². The van der Waals surface area contributed by atoms with Gasteiger partial charge in [0.05, 0.1) is 31.0 Å². The van der Waals surface area contributed by atoms with Gasteiger partial charge < -0.3 is 19.7 Å². The van der Waals surface area contributed by atoms with E-state index in [-0.39, 0.29) is 11.8 Å². The van der Waals surface area contributed by atoms with Crippen LogP contribution in [0.4, 0.5) is 5.69 Å². The van der Waals surface area contributed by atoms with Crippen molar-refractivity contribution in [3.63, 3.8) is 0 Å². The van der Waals surface area contributed by atoms with Crippen molar-refractivity contribution in [2.24, 2.45) is 0 Å². The summed E-state index contributed by atoms with van der Waals surface area (Å²) in [5.41, 5.74) is 2.74. The summed E-state index contributed by atoms with van der Waals surface area (Å²) < 4.78 is 10.6. The Morgan fingerprint density at radius 1 is 1.12 bits per heavy atom. The molecule has 32 heavy (non-hydrogen) atoms. The topological polar surface area (TPSA) is 80.8 Å². The summed E-state index contributed by atoms with van der Waals surface area (Å²) in [7, 11) is 3.04. The number of benzene rings is 2. The van der Waals surface area contributed by atoms with Gasteiger partial charge in [-0.2, -0.15) is 0 Å². The summed E-state index contributed by atoms with van der Waals surface area (Å²) in [6, 6.07) is 14.6. The van der Waals surface area contributed by atoms with Crippen LogP contribution in [0.15, 0.2) is 64.6 Å². The molecule has 8 heteroatoms. The number of methoxy groups -OCH3 is 2. The molecule has 164 valence electrons. The highest BCUT2D eigenvalue weighted by molar-refractivity contribution is 7.99. The third-order valence-electron chi connectivity index (χ3n) is 5.19. The molecule has 1 aromatic heterocycles. The standard InChI is InChI=1S/C24H23N3O4S/c1-4-27-18-11-10-15(13-20(18)32-23-17(24(27)29)8-6-12-25-23)14-26-22(28)16-7-5-9-19(30-2)21(16)31-3/h5-13H,4,14H2,1-3H3,(H,26,28). The van der Waals surface area contributed by atoms with Gasteiger partial charge in [-0.1, -0.05) is 23.9 Å². The number of nitrogens with one attached hydrogen (secondary N) is 1. The molecule has 2 heterocycles. The third-order valence-corrected chi connectivity index (χ3v) is 6.25. The molecule has 0 bridgehead atoms. The molecule has 0 aliphatic carbocycles. The Morgan fingerprint density at radius 3 is 2.72 bits per heavy atom. The van der Waals surface area contributed by atoms with Crippen LogP contribution in [0.25, 0.3) is 0 Å². The van der Waals surface area contributed by atoms with Gasteiger partial charge in [0.15, 0.2) is 11.5 Å². The largest absolute Gasteiger partial charge is 0.493 e. The average Bonchev–Trinajstić information content (AvgIpc) is 2.95. The summed E-state index contributed by atoms with van der Waals surface area (Å²) in [4.78, 5) is 32.9. The fraction of sp³-hybridized carbons (Fsp3) is 0.208. The van der Waals surface area contributed by atoms with Crippen LogP contribution in [-0.4, -0.2) is 37.6 Å². The van der Waals surface area contributed by atoms with E-state index in [1.165, 1.54) is 26.0 Å². The van der Waals surface area contributed by atoms with Crippen molar-refractivity contribution < 1.29 is 19.1 Å². The molecule has 3 aromatic rings. The van der Waals surface area contributed by atoms with Crippen LogP contribution in [0.1, 0.15) is 33.2 Å². The summed E-state index contributed by atoms with van der Waals surface area (Å²) >= 11 is 1.46. The number of anilines is 1. The van der Waals surface area contributed by atoms with Crippen LogP contribution in [-0.2, 0) is 6.54 Å². The number of rotatable bonds is 6. The lowest BCUT2D eigenvalue weighted by molar-refractivity contribution is 0.0945. The van der Waals surface area contributed by atoms with Crippen LogP contribution < -0.4 is 19.7 Å². The van der Waals surface area contributed by atoms with Gasteiger partial charge in [0.2, 0.25) is 0 Å². The molecule has 7 nitrogen and oxygen atoms in total. The lowest BCUT2D eigenvalue weighted by Crippen LogP contribution is -2.30. The predicted molar refractivity (Wildman–Crippen MR) is 123 cm³/mol. The zero-order valence-electron chi connectivity index (χ0n) is 18.0. The fourth-order valence-electron chi connectivity index (χ4n) is 3.62. The molecule has 2 aromatic carbocycles. The molecule has 2 amide bonds. The van der Waals surface area contributed by atoms with Crippen molar-refractivity contribution in [3.8, 4) is 11.5 Å². The van der Waals surface area contributed by atoms with E-state index >= 15 is 0 Å². The first-order chi connectivity index (χ1) is 15.6. The van der Waals surface area contributed by atoms with Gasteiger partial charge in [-0.3, -0.25) is 9.59 Å². The molecule has 0 saturated carbocycles. The van der Waals surface area contributed by atoms with E-state index in [2.05, 4.69) is 10.3 Å². The number of hydrogen-bond donors (Lipinski definition) is 1. The lowest BCUT2D eigenvalue weighted by atomic mass is 10.1. The average molecular weight is 450 g/mol. The van der Waals surface area contributed by atoms with Crippen molar-refractivity contribution in [1.82, 2.24) is 10.3 Å². The smallest absolute Gasteiger partial charge is 0.261 e. The molecule has 0 fully saturated rings. The van der Waals surface area contributed by atoms with E-state index in [9.17, 15) is 9.59 Å². The Morgan fingerprint density at radius 2 is 1.97 bits per heavy atom. The Kier molecular flexibility index (Phi) is 6.32. The minimum absolute atomic E-state index is 0.0620. The van der Waals surface area contributed by atoms with E-state index in [0.717, 1.165) is 16.1 Å². The zero-order chi connectivity index (χ0) is 22.7. The third kappa shape index (κ3) is 4.01. The maximum Gasteiger partial charge on any atom is 0.261 e. The highest BCUT2D eigenvalue weighted by Crippen LogP contribution is 2.40. The number of carbonyl (C=O) groups is 2. The number of ether oxygens (including phenoxy) is 2. The molecule has 0 saturated heterocycles. The number of amides is 2. The normalized spacial score (nSPS) is 12.5. The fourth-order valence-corrected chi connectivity index (χ4v) is 4.70. The van der Waals surface area contributed by atoms with Crippen molar-refractivity contribution in [1.29, 1.82) is 0 Å². The molecule has 1 aliphatic rings. The van der Waals surface area contributed by atoms with Crippen molar-refractivity contribution in [2.45, 2.75) is 23.4 Å². The van der Waals surface area contributed by atoms with Crippen molar-refractivity contribution in [3.05, 3.63) is 71.4 Å². The minimum Gasteiger partial charge on any atom is -0.493 e. The first kappa shape index (κ1) is 21.7. The van der Waals surface area contributed by atoms with E-state index in [0.29, 0.717) is 40.7 Å². The van der Waals surface area contributed by atoms with Crippen LogP contribution in [0.2, 0.25) is 0 Å². The van der Waals surface area contributed by atoms with Crippen LogP contribution >= 0.6 is 11.8 Å². The Balaban J connectivity index is 1.59. The number of aromatic nitrogens is 1. The molecule has 4 rings (SSSR count). The van der Waals surface area contributed by atoms with E-state index in [1.807, 2.05) is 25.1 Å². The van der Waals surface area contributed by atoms with E-state index < -0.39 is 0 Å².